The summed E-state index contributed by atoms with van der Waals surface area (Å²) in [5.74, 6) is -1.11. The number of rotatable bonds is 10. The van der Waals surface area contributed by atoms with E-state index in [1.165, 1.54) is 48.6 Å². The molecule has 206 valence electrons. The molecular weight excluding hydrogens is 531 g/mol. The number of benzene rings is 3. The van der Waals surface area contributed by atoms with Crippen molar-refractivity contribution in [2.24, 2.45) is 0 Å². The van der Waals surface area contributed by atoms with Crippen molar-refractivity contribution in [1.29, 1.82) is 5.26 Å². The van der Waals surface area contributed by atoms with Crippen LogP contribution < -0.4 is 14.8 Å². The molecule has 3 aromatic rings. The van der Waals surface area contributed by atoms with Crippen molar-refractivity contribution in [1.82, 2.24) is 0 Å². The first-order valence-corrected chi connectivity index (χ1v) is 11.6. The van der Waals surface area contributed by atoms with Gasteiger partial charge in [0.1, 0.15) is 17.4 Å². The zero-order valence-electron chi connectivity index (χ0n) is 21.0. The van der Waals surface area contributed by atoms with Crippen molar-refractivity contribution in [3.05, 3.63) is 99.6 Å². The van der Waals surface area contributed by atoms with Crippen LogP contribution in [0.25, 0.3) is 6.08 Å². The second kappa shape index (κ2) is 12.5. The summed E-state index contributed by atoms with van der Waals surface area (Å²) in [4.78, 5) is 23.3. The molecule has 0 heterocycles. The van der Waals surface area contributed by atoms with E-state index in [4.69, 9.17) is 9.47 Å². The van der Waals surface area contributed by atoms with Crippen molar-refractivity contribution < 1.29 is 37.5 Å². The van der Waals surface area contributed by atoms with Crippen LogP contribution in [0.4, 0.5) is 24.5 Å². The summed E-state index contributed by atoms with van der Waals surface area (Å²) in [7, 11) is 0. The number of aromatic hydroxyl groups is 1. The molecule has 0 spiro atoms. The topological polar surface area (TPSA) is 135 Å². The number of halogens is 3. The Morgan fingerprint density at radius 1 is 1.18 bits per heavy atom. The molecule has 2 N–H and O–H groups in total. The third-order valence-corrected chi connectivity index (χ3v) is 5.31. The molecule has 9 nitrogen and oxygen atoms in total. The number of nitrogens with zero attached hydrogens (tertiary/aromatic N) is 2. The number of ether oxygens (including phenoxy) is 2. The Balaban J connectivity index is 2.06. The minimum atomic E-state index is -4.80. The fraction of sp³-hybridized carbons (Fsp3) is 0.143. The molecular formula is C28H22F3N3O6. The van der Waals surface area contributed by atoms with Gasteiger partial charge in [0.25, 0.3) is 5.91 Å². The molecule has 0 fully saturated rings. The highest BCUT2D eigenvalue weighted by Gasteiger charge is 2.33. The Labute approximate surface area is 226 Å². The van der Waals surface area contributed by atoms with Crippen LogP contribution in [0, 0.1) is 21.4 Å². The maximum atomic E-state index is 13.1. The van der Waals surface area contributed by atoms with Gasteiger partial charge in [-0.1, -0.05) is 6.08 Å². The Morgan fingerprint density at radius 3 is 2.45 bits per heavy atom. The van der Waals surface area contributed by atoms with Crippen LogP contribution in [0.1, 0.15) is 23.6 Å². The lowest BCUT2D eigenvalue weighted by Crippen LogP contribution is -2.13. The molecule has 0 aliphatic carbocycles. The van der Waals surface area contributed by atoms with E-state index in [1.807, 2.05) is 6.07 Å². The predicted molar refractivity (Wildman–Crippen MR) is 140 cm³/mol. The average Bonchev–Trinajstić information content (AvgIpc) is 2.90. The number of allylic oxidation sites excluding steroid dienone is 1. The van der Waals surface area contributed by atoms with Gasteiger partial charge in [0.2, 0.25) is 5.75 Å². The van der Waals surface area contributed by atoms with E-state index < -0.39 is 34.0 Å². The van der Waals surface area contributed by atoms with Crippen LogP contribution in [0.2, 0.25) is 0 Å². The van der Waals surface area contributed by atoms with Crippen molar-refractivity contribution in [2.45, 2.75) is 19.5 Å². The average molecular weight is 553 g/mol. The highest BCUT2D eigenvalue weighted by atomic mass is 19.4. The van der Waals surface area contributed by atoms with Crippen LogP contribution in [-0.4, -0.2) is 22.5 Å². The lowest BCUT2D eigenvalue weighted by atomic mass is 10.0. The third kappa shape index (κ3) is 7.16. The van der Waals surface area contributed by atoms with Gasteiger partial charge in [-0.15, -0.1) is 6.58 Å². The molecule has 0 aliphatic rings. The van der Waals surface area contributed by atoms with Crippen molar-refractivity contribution in [3.8, 4) is 29.1 Å². The first-order valence-electron chi connectivity index (χ1n) is 11.6. The summed E-state index contributed by atoms with van der Waals surface area (Å²) < 4.78 is 50.8. The lowest BCUT2D eigenvalue weighted by Gasteiger charge is -2.17. The minimum Gasteiger partial charge on any atom is -0.508 e. The van der Waals surface area contributed by atoms with E-state index >= 15 is 0 Å². The second-order valence-corrected chi connectivity index (χ2v) is 8.14. The summed E-state index contributed by atoms with van der Waals surface area (Å²) in [6.07, 6.45) is -1.87. The van der Waals surface area contributed by atoms with Crippen molar-refractivity contribution in [2.75, 3.05) is 11.9 Å². The van der Waals surface area contributed by atoms with Crippen LogP contribution >= 0.6 is 0 Å². The van der Waals surface area contributed by atoms with Gasteiger partial charge >= 0.3 is 11.9 Å². The number of hydrogen-bond donors (Lipinski definition) is 2. The molecule has 40 heavy (non-hydrogen) atoms. The Bertz CT molecular complexity index is 1510. The molecule has 0 radical (unpaired) electrons. The Morgan fingerprint density at radius 2 is 1.88 bits per heavy atom. The van der Waals surface area contributed by atoms with Crippen LogP contribution in [0.3, 0.4) is 0 Å². The van der Waals surface area contributed by atoms with Gasteiger partial charge in [0, 0.05) is 17.3 Å². The molecule has 0 aromatic heterocycles. The molecule has 0 saturated heterocycles. The monoisotopic (exact) mass is 553 g/mol. The normalized spacial score (nSPS) is 11.3. The fourth-order valence-electron chi connectivity index (χ4n) is 3.54. The van der Waals surface area contributed by atoms with E-state index in [2.05, 4.69) is 11.9 Å². The van der Waals surface area contributed by atoms with Crippen LogP contribution in [-0.2, 0) is 17.4 Å². The first-order chi connectivity index (χ1) is 19.0. The molecule has 0 atom stereocenters. The van der Waals surface area contributed by atoms with E-state index in [0.717, 1.165) is 6.07 Å². The summed E-state index contributed by atoms with van der Waals surface area (Å²) in [5, 5.41) is 33.1. The summed E-state index contributed by atoms with van der Waals surface area (Å²) in [5.41, 5.74) is -1.33. The van der Waals surface area contributed by atoms with Gasteiger partial charge in [-0.25, -0.2) is 0 Å². The number of alkyl halides is 3. The molecule has 0 saturated carbocycles. The summed E-state index contributed by atoms with van der Waals surface area (Å²) in [6.45, 7) is 5.46. The smallest absolute Gasteiger partial charge is 0.416 e. The van der Waals surface area contributed by atoms with Gasteiger partial charge in [-0.2, -0.15) is 18.4 Å². The number of phenols is 1. The number of nitrogens with one attached hydrogen (secondary N) is 1. The predicted octanol–water partition coefficient (Wildman–Crippen LogP) is 6.78. The molecule has 3 aromatic carbocycles. The van der Waals surface area contributed by atoms with Crippen molar-refractivity contribution in [3.63, 3.8) is 0 Å². The number of carbonyl (C=O) groups excluding carboxylic acids is 1. The number of carbonyl (C=O) groups is 1. The van der Waals surface area contributed by atoms with E-state index in [1.54, 1.807) is 6.92 Å². The van der Waals surface area contributed by atoms with Gasteiger partial charge in [-0.05, 0) is 73.5 Å². The molecule has 0 bridgehead atoms. The maximum absolute atomic E-state index is 13.1. The highest BCUT2D eigenvalue weighted by molar-refractivity contribution is 6.09. The quantitative estimate of drug-likeness (QED) is 0.0705. The van der Waals surface area contributed by atoms with Gasteiger partial charge in [0.15, 0.2) is 11.5 Å². The number of nitro benzene ring substituents is 1. The Hall–Kier alpha value is -5.31. The molecule has 3 rings (SSSR count). The lowest BCUT2D eigenvalue weighted by molar-refractivity contribution is -0.385. The number of amides is 1. The second-order valence-electron chi connectivity index (χ2n) is 8.14. The largest absolute Gasteiger partial charge is 0.508 e. The number of nitriles is 1. The first kappa shape index (κ1) is 29.2. The number of hydrogen-bond acceptors (Lipinski definition) is 7. The van der Waals surface area contributed by atoms with Crippen molar-refractivity contribution >= 4 is 23.4 Å². The van der Waals surface area contributed by atoms with Crippen LogP contribution in [0.15, 0.2) is 72.8 Å². The molecule has 0 unspecified atom stereocenters. The van der Waals surface area contributed by atoms with Gasteiger partial charge in [0.05, 0.1) is 17.1 Å². The number of nitro groups is 1. The fourth-order valence-corrected chi connectivity index (χ4v) is 3.54. The standard InChI is InChI=1S/C28H22F3N3O6/c1-3-5-18-12-17(13-19(16-32)27(36)33-21-7-9-22(35)10-8-21)14-25(39-4-2)26(18)40-24-11-6-20(28(29,30)31)15-23(24)34(37)38/h3,6-15,35H,1,4-5H2,2H3,(H,33,36)/b19-13+. The zero-order valence-corrected chi connectivity index (χ0v) is 21.0. The maximum Gasteiger partial charge on any atom is 0.416 e. The van der Waals surface area contributed by atoms with Gasteiger partial charge < -0.3 is 19.9 Å². The Kier molecular flexibility index (Phi) is 9.13. The molecule has 1 amide bonds. The SMILES string of the molecule is C=CCc1cc(/C=C(\C#N)C(=O)Nc2ccc(O)cc2)cc(OCC)c1Oc1ccc(C(F)(F)F)cc1[N+](=O)[O-]. The van der Waals surface area contributed by atoms with Gasteiger partial charge in [-0.3, -0.25) is 14.9 Å². The van der Waals surface area contributed by atoms with E-state index in [9.17, 15) is 38.4 Å². The van der Waals surface area contributed by atoms with E-state index in [-0.39, 0.29) is 35.8 Å². The number of anilines is 1. The van der Waals surface area contributed by atoms with E-state index in [0.29, 0.717) is 28.9 Å². The molecule has 12 heteroatoms. The summed E-state index contributed by atoms with van der Waals surface area (Å²) >= 11 is 0. The molecule has 0 aliphatic heterocycles. The third-order valence-electron chi connectivity index (χ3n) is 5.31. The highest BCUT2D eigenvalue weighted by Crippen LogP contribution is 2.42. The summed E-state index contributed by atoms with van der Waals surface area (Å²) in [6, 6.07) is 12.3. The number of phenolic OH excluding ortho intramolecular Hbond substituents is 1. The van der Waals surface area contributed by atoms with Crippen LogP contribution in [0.5, 0.6) is 23.0 Å². The zero-order chi connectivity index (χ0) is 29.4. The minimum absolute atomic E-state index is 0.00353.